The predicted molar refractivity (Wildman–Crippen MR) is 116 cm³/mol. The number of halogens is 1. The second-order valence-electron chi connectivity index (χ2n) is 7.09. The van der Waals surface area contributed by atoms with Gasteiger partial charge in [0.05, 0.1) is 11.1 Å². The van der Waals surface area contributed by atoms with Crippen molar-refractivity contribution in [2.75, 3.05) is 0 Å². The van der Waals surface area contributed by atoms with Crippen LogP contribution in [0.3, 0.4) is 0 Å². The summed E-state index contributed by atoms with van der Waals surface area (Å²) in [6, 6.07) is 11.3. The van der Waals surface area contributed by atoms with E-state index in [1.807, 2.05) is 0 Å². The van der Waals surface area contributed by atoms with E-state index in [1.54, 1.807) is 49.4 Å². The van der Waals surface area contributed by atoms with Crippen molar-refractivity contribution in [3.8, 4) is 11.5 Å². The maximum Gasteiger partial charge on any atom is 0.242 e. The van der Waals surface area contributed by atoms with Crippen LogP contribution in [-0.2, 0) is 20.9 Å². The van der Waals surface area contributed by atoms with Crippen molar-refractivity contribution in [2.45, 2.75) is 45.4 Å². The Hall–Kier alpha value is -3.10. The van der Waals surface area contributed by atoms with Gasteiger partial charge >= 0.3 is 0 Å². The molecule has 31 heavy (non-hydrogen) atoms. The normalized spacial score (nSPS) is 12.5. The Bertz CT molecular complexity index is 931. The molecule has 0 radical (unpaired) electrons. The first kappa shape index (κ1) is 24.2. The van der Waals surface area contributed by atoms with Gasteiger partial charge in [0, 0.05) is 19.9 Å². The third-order valence-electron chi connectivity index (χ3n) is 4.43. The lowest BCUT2D eigenvalue weighted by Gasteiger charge is -2.17. The molecule has 0 spiro atoms. The van der Waals surface area contributed by atoms with Crippen molar-refractivity contribution in [3.63, 3.8) is 0 Å². The summed E-state index contributed by atoms with van der Waals surface area (Å²) in [5.74, 6) is -0.300. The first-order chi connectivity index (χ1) is 14.7. The summed E-state index contributed by atoms with van der Waals surface area (Å²) in [4.78, 5) is 34.6. The Morgan fingerprint density at radius 2 is 1.84 bits per heavy atom. The SMILES string of the molecule is CC(=O)N[C@@H](CCC(N)=O)C(=O)NCc1ccc(Oc2ccc(C(C)O)cc2Cl)cc1. The Morgan fingerprint density at radius 3 is 2.39 bits per heavy atom. The van der Waals surface area contributed by atoms with Gasteiger partial charge in [-0.25, -0.2) is 0 Å². The second kappa shape index (κ2) is 11.3. The van der Waals surface area contributed by atoms with Crippen molar-refractivity contribution in [2.24, 2.45) is 5.73 Å². The van der Waals surface area contributed by atoms with Crippen LogP contribution in [-0.4, -0.2) is 28.9 Å². The molecule has 1 unspecified atom stereocenters. The highest BCUT2D eigenvalue weighted by molar-refractivity contribution is 6.32. The maximum atomic E-state index is 12.4. The summed E-state index contributed by atoms with van der Waals surface area (Å²) in [5, 5.41) is 15.2. The van der Waals surface area contributed by atoms with E-state index in [0.717, 1.165) is 5.56 Å². The lowest BCUT2D eigenvalue weighted by molar-refractivity contribution is -0.128. The van der Waals surface area contributed by atoms with Crippen LogP contribution in [0.1, 0.15) is 43.9 Å². The Balaban J connectivity index is 1.95. The number of ether oxygens (including phenoxy) is 1. The number of aliphatic hydroxyl groups is 1. The van der Waals surface area contributed by atoms with Crippen LogP contribution in [0.15, 0.2) is 42.5 Å². The van der Waals surface area contributed by atoms with E-state index >= 15 is 0 Å². The van der Waals surface area contributed by atoms with Crippen LogP contribution in [0, 0.1) is 0 Å². The van der Waals surface area contributed by atoms with Gasteiger partial charge in [-0.15, -0.1) is 0 Å². The van der Waals surface area contributed by atoms with Gasteiger partial charge in [0.2, 0.25) is 17.7 Å². The van der Waals surface area contributed by atoms with E-state index in [4.69, 9.17) is 22.1 Å². The van der Waals surface area contributed by atoms with Gasteiger partial charge in [-0.2, -0.15) is 0 Å². The summed E-state index contributed by atoms with van der Waals surface area (Å²) >= 11 is 6.21. The largest absolute Gasteiger partial charge is 0.456 e. The van der Waals surface area contributed by atoms with Crippen molar-refractivity contribution in [1.82, 2.24) is 10.6 Å². The van der Waals surface area contributed by atoms with Crippen molar-refractivity contribution < 1.29 is 24.2 Å². The highest BCUT2D eigenvalue weighted by Crippen LogP contribution is 2.31. The van der Waals surface area contributed by atoms with Crippen molar-refractivity contribution in [1.29, 1.82) is 0 Å². The molecular formula is C22H26ClN3O5. The molecule has 2 atom stereocenters. The van der Waals surface area contributed by atoms with Crippen LogP contribution in [0.4, 0.5) is 0 Å². The quantitative estimate of drug-likeness (QED) is 0.444. The molecule has 0 bridgehead atoms. The van der Waals surface area contributed by atoms with Gasteiger partial charge in [-0.3, -0.25) is 14.4 Å². The molecule has 0 aliphatic carbocycles. The van der Waals surface area contributed by atoms with E-state index < -0.39 is 24.0 Å². The van der Waals surface area contributed by atoms with Crippen LogP contribution in [0.5, 0.6) is 11.5 Å². The molecule has 0 fully saturated rings. The molecule has 0 heterocycles. The third-order valence-corrected chi connectivity index (χ3v) is 4.73. The molecule has 0 saturated heterocycles. The molecule has 2 rings (SSSR count). The number of amides is 3. The fraction of sp³-hybridized carbons (Fsp3) is 0.318. The molecule has 0 saturated carbocycles. The van der Waals surface area contributed by atoms with Gasteiger partial charge in [0.15, 0.2) is 0 Å². The molecule has 2 aromatic carbocycles. The number of benzene rings is 2. The van der Waals surface area contributed by atoms with Crippen LogP contribution in [0.2, 0.25) is 5.02 Å². The molecule has 9 heteroatoms. The first-order valence-corrected chi connectivity index (χ1v) is 10.1. The zero-order chi connectivity index (χ0) is 23.0. The van der Waals surface area contributed by atoms with E-state index in [1.165, 1.54) is 6.92 Å². The minimum atomic E-state index is -0.834. The summed E-state index contributed by atoms with van der Waals surface area (Å²) in [6.45, 7) is 3.18. The van der Waals surface area contributed by atoms with E-state index in [2.05, 4.69) is 10.6 Å². The summed E-state index contributed by atoms with van der Waals surface area (Å²) in [6.07, 6.45) is -0.505. The number of hydrogen-bond donors (Lipinski definition) is 4. The molecule has 0 aliphatic heterocycles. The average molecular weight is 448 g/mol. The summed E-state index contributed by atoms with van der Waals surface area (Å²) in [5.41, 5.74) is 6.63. The molecule has 0 aromatic heterocycles. The minimum absolute atomic E-state index is 0.00877. The van der Waals surface area contributed by atoms with E-state index in [9.17, 15) is 19.5 Å². The highest BCUT2D eigenvalue weighted by atomic mass is 35.5. The number of carbonyl (C=O) groups is 3. The number of hydrogen-bond acceptors (Lipinski definition) is 5. The topological polar surface area (TPSA) is 131 Å². The van der Waals surface area contributed by atoms with E-state index in [0.29, 0.717) is 22.1 Å². The first-order valence-electron chi connectivity index (χ1n) is 9.73. The number of carbonyl (C=O) groups excluding carboxylic acids is 3. The third kappa shape index (κ3) is 7.92. The average Bonchev–Trinajstić information content (AvgIpc) is 2.71. The fourth-order valence-corrected chi connectivity index (χ4v) is 3.00. The summed E-state index contributed by atoms with van der Waals surface area (Å²) < 4.78 is 5.77. The number of primary amides is 1. The predicted octanol–water partition coefficient (Wildman–Crippen LogP) is 2.57. The highest BCUT2D eigenvalue weighted by Gasteiger charge is 2.19. The zero-order valence-corrected chi connectivity index (χ0v) is 18.1. The van der Waals surface area contributed by atoms with Gasteiger partial charge in [0.25, 0.3) is 0 Å². The molecular weight excluding hydrogens is 422 g/mol. The van der Waals surface area contributed by atoms with Gasteiger partial charge in [0.1, 0.15) is 17.5 Å². The maximum absolute atomic E-state index is 12.4. The zero-order valence-electron chi connectivity index (χ0n) is 17.4. The Morgan fingerprint density at radius 1 is 1.16 bits per heavy atom. The number of aliphatic hydroxyl groups excluding tert-OH is 1. The number of rotatable bonds is 10. The smallest absolute Gasteiger partial charge is 0.242 e. The van der Waals surface area contributed by atoms with Crippen molar-refractivity contribution in [3.05, 3.63) is 58.6 Å². The standard InChI is InChI=1S/C22H26ClN3O5/c1-13(27)16-5-9-20(18(23)11-16)31-17-6-3-15(4-7-17)12-25-22(30)19(26-14(2)28)8-10-21(24)29/h3-7,9,11,13,19,27H,8,10,12H2,1-2H3,(H2,24,29)(H,25,30)(H,26,28)/t13?,19-/m0/s1. The molecule has 8 nitrogen and oxygen atoms in total. The van der Waals surface area contributed by atoms with Gasteiger partial charge < -0.3 is 26.2 Å². The summed E-state index contributed by atoms with van der Waals surface area (Å²) in [7, 11) is 0. The molecule has 2 aromatic rings. The number of nitrogens with two attached hydrogens (primary N) is 1. The minimum Gasteiger partial charge on any atom is -0.456 e. The van der Waals surface area contributed by atoms with Crippen LogP contribution < -0.4 is 21.1 Å². The van der Waals surface area contributed by atoms with Crippen LogP contribution >= 0.6 is 11.6 Å². The molecule has 5 N–H and O–H groups in total. The van der Waals surface area contributed by atoms with Gasteiger partial charge in [-0.1, -0.05) is 29.8 Å². The van der Waals surface area contributed by atoms with E-state index in [-0.39, 0.29) is 25.3 Å². The Labute approximate surface area is 185 Å². The monoisotopic (exact) mass is 447 g/mol. The molecule has 3 amide bonds. The molecule has 0 aliphatic rings. The van der Waals surface area contributed by atoms with Crippen LogP contribution in [0.25, 0.3) is 0 Å². The van der Waals surface area contributed by atoms with Gasteiger partial charge in [-0.05, 0) is 48.7 Å². The molecule has 166 valence electrons. The van der Waals surface area contributed by atoms with Crippen molar-refractivity contribution >= 4 is 29.3 Å². The Kier molecular flexibility index (Phi) is 8.84. The fourth-order valence-electron chi connectivity index (χ4n) is 2.78. The lowest BCUT2D eigenvalue weighted by atomic mass is 10.1. The second-order valence-corrected chi connectivity index (χ2v) is 7.49. The number of nitrogens with one attached hydrogen (secondary N) is 2. The lowest BCUT2D eigenvalue weighted by Crippen LogP contribution is -2.46.